The Kier molecular flexibility index (Phi) is 6.95. The molecule has 0 spiro atoms. The van der Waals surface area contributed by atoms with Crippen molar-refractivity contribution in [2.75, 3.05) is 13.2 Å². The van der Waals surface area contributed by atoms with E-state index in [1.807, 2.05) is 36.4 Å². The van der Waals surface area contributed by atoms with E-state index in [1.54, 1.807) is 13.0 Å². The standard InChI is InChI=1S/C27H27NO6/c1-16-10-11-21(22(14-16)26(31)32)25(30)24(29)12-13-28-27(33)34-15-23-19-8-4-2-6-17(19)18-7-3-5-9-20(18)23/h2-11,14,23-25,29-30H,12-13,15H2,1H3,(H,28,33)(H,31,32). The van der Waals surface area contributed by atoms with E-state index < -0.39 is 24.3 Å². The van der Waals surface area contributed by atoms with Gasteiger partial charge in [0.05, 0.1) is 11.7 Å². The number of nitrogens with one attached hydrogen (secondary N) is 1. The van der Waals surface area contributed by atoms with E-state index in [0.29, 0.717) is 0 Å². The largest absolute Gasteiger partial charge is 0.478 e. The summed E-state index contributed by atoms with van der Waals surface area (Å²) in [7, 11) is 0. The molecule has 3 aromatic carbocycles. The highest BCUT2D eigenvalue weighted by atomic mass is 16.5. The molecule has 0 heterocycles. The zero-order chi connectivity index (χ0) is 24.2. The molecule has 7 heteroatoms. The number of aryl methyl sites for hydroxylation is 1. The van der Waals surface area contributed by atoms with Crippen molar-refractivity contribution in [1.29, 1.82) is 0 Å². The van der Waals surface area contributed by atoms with Crippen LogP contribution < -0.4 is 5.32 Å². The number of carboxylic acid groups (broad SMARTS) is 1. The SMILES string of the molecule is Cc1ccc(C(O)C(O)CCNC(=O)OCC2c3ccccc3-c3ccccc32)c(C(=O)O)c1. The van der Waals surface area contributed by atoms with Gasteiger partial charge in [0.25, 0.3) is 0 Å². The minimum absolute atomic E-state index is 0.0261. The van der Waals surface area contributed by atoms with Gasteiger partial charge in [-0.2, -0.15) is 0 Å². The second-order valence-corrected chi connectivity index (χ2v) is 8.45. The van der Waals surface area contributed by atoms with E-state index in [-0.39, 0.29) is 36.6 Å². The van der Waals surface area contributed by atoms with Crippen molar-refractivity contribution in [3.05, 3.63) is 94.5 Å². The van der Waals surface area contributed by atoms with Crippen LogP contribution in [0.2, 0.25) is 0 Å². The fraction of sp³-hybridized carbons (Fsp3) is 0.259. The first-order valence-corrected chi connectivity index (χ1v) is 11.2. The van der Waals surface area contributed by atoms with Crippen LogP contribution in [-0.4, -0.2) is 46.6 Å². The van der Waals surface area contributed by atoms with Crippen LogP contribution in [0.3, 0.4) is 0 Å². The monoisotopic (exact) mass is 461 g/mol. The number of benzene rings is 3. The first-order valence-electron chi connectivity index (χ1n) is 11.2. The first kappa shape index (κ1) is 23.5. The van der Waals surface area contributed by atoms with Crippen molar-refractivity contribution in [2.45, 2.75) is 31.5 Å². The minimum Gasteiger partial charge on any atom is -0.478 e. The second-order valence-electron chi connectivity index (χ2n) is 8.45. The molecule has 2 atom stereocenters. The molecule has 0 aromatic heterocycles. The number of carbonyl (C=O) groups is 2. The number of carbonyl (C=O) groups excluding carboxylic acids is 1. The average molecular weight is 462 g/mol. The molecule has 0 saturated heterocycles. The molecule has 0 saturated carbocycles. The van der Waals surface area contributed by atoms with E-state index >= 15 is 0 Å². The minimum atomic E-state index is -1.39. The number of amides is 1. The molecule has 7 nitrogen and oxygen atoms in total. The second kappa shape index (κ2) is 10.1. The van der Waals surface area contributed by atoms with Gasteiger partial charge in [0.2, 0.25) is 0 Å². The fourth-order valence-electron chi connectivity index (χ4n) is 4.45. The van der Waals surface area contributed by atoms with Crippen molar-refractivity contribution in [1.82, 2.24) is 5.32 Å². The zero-order valence-electron chi connectivity index (χ0n) is 18.8. The molecule has 176 valence electrons. The smallest absolute Gasteiger partial charge is 0.407 e. The van der Waals surface area contributed by atoms with Crippen LogP contribution in [-0.2, 0) is 4.74 Å². The molecule has 1 amide bonds. The number of alkyl carbamates (subject to hydrolysis) is 1. The normalized spacial score (nSPS) is 14.1. The lowest BCUT2D eigenvalue weighted by Crippen LogP contribution is -2.31. The third-order valence-corrected chi connectivity index (χ3v) is 6.18. The van der Waals surface area contributed by atoms with Crippen LogP contribution in [0.25, 0.3) is 11.1 Å². The van der Waals surface area contributed by atoms with Gasteiger partial charge in [0, 0.05) is 12.5 Å². The molecule has 3 aromatic rings. The zero-order valence-corrected chi connectivity index (χ0v) is 18.8. The number of aliphatic hydroxyl groups is 2. The molecule has 4 N–H and O–H groups in total. The van der Waals surface area contributed by atoms with Crippen molar-refractivity contribution < 1.29 is 29.6 Å². The summed E-state index contributed by atoms with van der Waals surface area (Å²) in [5, 5.41) is 32.8. The first-order chi connectivity index (χ1) is 16.4. The van der Waals surface area contributed by atoms with Crippen LogP contribution in [0, 0.1) is 6.92 Å². The summed E-state index contributed by atoms with van der Waals surface area (Å²) in [4.78, 5) is 23.7. The maximum absolute atomic E-state index is 12.3. The van der Waals surface area contributed by atoms with Gasteiger partial charge in [-0.05, 0) is 47.2 Å². The summed E-state index contributed by atoms with van der Waals surface area (Å²) in [6.45, 7) is 1.98. The van der Waals surface area contributed by atoms with Gasteiger partial charge in [-0.3, -0.25) is 0 Å². The summed E-state index contributed by atoms with van der Waals surface area (Å²) in [5.74, 6) is -1.23. The Bertz CT molecular complexity index is 1160. The molecular weight excluding hydrogens is 434 g/mol. The molecular formula is C27H27NO6. The lowest BCUT2D eigenvalue weighted by Gasteiger charge is -2.20. The quantitative estimate of drug-likeness (QED) is 0.403. The Balaban J connectivity index is 1.30. The van der Waals surface area contributed by atoms with Crippen molar-refractivity contribution >= 4 is 12.1 Å². The van der Waals surface area contributed by atoms with E-state index in [1.165, 1.54) is 12.1 Å². The molecule has 0 fully saturated rings. The Hall–Kier alpha value is -3.68. The fourth-order valence-corrected chi connectivity index (χ4v) is 4.45. The number of carboxylic acids is 1. The number of fused-ring (bicyclic) bond motifs is 3. The Morgan fingerprint density at radius 2 is 1.59 bits per heavy atom. The Morgan fingerprint density at radius 3 is 2.21 bits per heavy atom. The maximum Gasteiger partial charge on any atom is 0.407 e. The Labute approximate surface area is 197 Å². The molecule has 0 aliphatic heterocycles. The van der Waals surface area contributed by atoms with E-state index in [4.69, 9.17) is 4.74 Å². The van der Waals surface area contributed by atoms with Crippen LogP contribution >= 0.6 is 0 Å². The number of ether oxygens (including phenoxy) is 1. The molecule has 34 heavy (non-hydrogen) atoms. The van der Waals surface area contributed by atoms with E-state index in [2.05, 4.69) is 17.4 Å². The number of aromatic carboxylic acids is 1. The van der Waals surface area contributed by atoms with E-state index in [9.17, 15) is 24.9 Å². The van der Waals surface area contributed by atoms with Crippen molar-refractivity contribution in [2.24, 2.45) is 0 Å². The van der Waals surface area contributed by atoms with Gasteiger partial charge in [0.1, 0.15) is 12.7 Å². The van der Waals surface area contributed by atoms with Gasteiger partial charge in [-0.1, -0.05) is 66.2 Å². The summed E-state index contributed by atoms with van der Waals surface area (Å²) in [6.07, 6.45) is -3.24. The molecule has 1 aliphatic carbocycles. The average Bonchev–Trinajstić information content (AvgIpc) is 3.16. The Morgan fingerprint density at radius 1 is 0.971 bits per heavy atom. The summed E-state index contributed by atoms with van der Waals surface area (Å²) < 4.78 is 5.46. The van der Waals surface area contributed by atoms with Crippen LogP contribution in [0.5, 0.6) is 0 Å². The van der Waals surface area contributed by atoms with Crippen LogP contribution in [0.1, 0.15) is 51.1 Å². The van der Waals surface area contributed by atoms with E-state index in [0.717, 1.165) is 27.8 Å². The highest BCUT2D eigenvalue weighted by Gasteiger charge is 2.29. The predicted molar refractivity (Wildman–Crippen MR) is 127 cm³/mol. The van der Waals surface area contributed by atoms with Gasteiger partial charge in [-0.25, -0.2) is 9.59 Å². The number of hydrogen-bond acceptors (Lipinski definition) is 5. The predicted octanol–water partition coefficient (Wildman–Crippen LogP) is 4.02. The number of aliphatic hydroxyl groups excluding tert-OH is 2. The highest BCUT2D eigenvalue weighted by Crippen LogP contribution is 2.44. The third kappa shape index (κ3) is 4.81. The topological polar surface area (TPSA) is 116 Å². The molecule has 1 aliphatic rings. The lowest BCUT2D eigenvalue weighted by atomic mass is 9.95. The maximum atomic E-state index is 12.3. The van der Waals surface area contributed by atoms with Crippen molar-refractivity contribution in [3.63, 3.8) is 0 Å². The van der Waals surface area contributed by atoms with Crippen LogP contribution in [0.15, 0.2) is 66.7 Å². The highest BCUT2D eigenvalue weighted by molar-refractivity contribution is 5.89. The van der Waals surface area contributed by atoms with Gasteiger partial charge >= 0.3 is 12.1 Å². The number of hydrogen-bond donors (Lipinski definition) is 4. The third-order valence-electron chi connectivity index (χ3n) is 6.18. The summed E-state index contributed by atoms with van der Waals surface area (Å²) >= 11 is 0. The molecule has 2 unspecified atom stereocenters. The molecule has 4 rings (SSSR count). The summed E-state index contributed by atoms with van der Waals surface area (Å²) in [6, 6.07) is 20.7. The summed E-state index contributed by atoms with van der Waals surface area (Å²) in [5.41, 5.74) is 5.31. The number of rotatable bonds is 8. The molecule has 0 radical (unpaired) electrons. The molecule has 0 bridgehead atoms. The van der Waals surface area contributed by atoms with Gasteiger partial charge < -0.3 is 25.4 Å². The van der Waals surface area contributed by atoms with Gasteiger partial charge in [-0.15, -0.1) is 0 Å². The van der Waals surface area contributed by atoms with Crippen molar-refractivity contribution in [3.8, 4) is 11.1 Å². The van der Waals surface area contributed by atoms with Gasteiger partial charge in [0.15, 0.2) is 0 Å². The van der Waals surface area contributed by atoms with Crippen LogP contribution in [0.4, 0.5) is 4.79 Å². The lowest BCUT2D eigenvalue weighted by molar-refractivity contribution is 0.0128.